The second-order valence-electron chi connectivity index (χ2n) is 3.93. The highest BCUT2D eigenvalue weighted by Crippen LogP contribution is 2.25. The van der Waals surface area contributed by atoms with Gasteiger partial charge in [0.05, 0.1) is 11.3 Å². The van der Waals surface area contributed by atoms with Crippen LogP contribution in [0.5, 0.6) is 0 Å². The Balaban J connectivity index is 2.37. The van der Waals surface area contributed by atoms with Crippen LogP contribution in [0.15, 0.2) is 54.9 Å². The third kappa shape index (κ3) is 1.55. The number of rotatable bonds is 2. The third-order valence-corrected chi connectivity index (χ3v) is 2.88. The fourth-order valence-electron chi connectivity index (χ4n) is 2.08. The number of hydrogen-bond donors (Lipinski definition) is 1. The first-order chi connectivity index (χ1) is 8.77. The van der Waals surface area contributed by atoms with Gasteiger partial charge in [-0.25, -0.2) is 9.48 Å². The Bertz CT molecular complexity index is 718. The average Bonchev–Trinajstić information content (AvgIpc) is 2.91. The summed E-state index contributed by atoms with van der Waals surface area (Å²) in [5.74, 6) is -0.918. The van der Waals surface area contributed by atoms with Gasteiger partial charge in [-0.1, -0.05) is 24.3 Å². The van der Waals surface area contributed by atoms with Gasteiger partial charge < -0.3 is 5.11 Å². The zero-order chi connectivity index (χ0) is 12.5. The van der Waals surface area contributed by atoms with Gasteiger partial charge in [-0.05, 0) is 23.6 Å². The lowest BCUT2D eigenvalue weighted by Crippen LogP contribution is -2.01. The van der Waals surface area contributed by atoms with Crippen molar-refractivity contribution in [1.29, 1.82) is 0 Å². The maximum Gasteiger partial charge on any atom is 0.336 e. The van der Waals surface area contributed by atoms with Gasteiger partial charge in [0.2, 0.25) is 0 Å². The van der Waals surface area contributed by atoms with E-state index in [-0.39, 0.29) is 0 Å². The summed E-state index contributed by atoms with van der Waals surface area (Å²) in [5.41, 5.74) is 1.18. The van der Waals surface area contributed by atoms with Gasteiger partial charge in [0.1, 0.15) is 0 Å². The molecule has 0 aliphatic heterocycles. The van der Waals surface area contributed by atoms with E-state index in [0.717, 1.165) is 16.5 Å². The molecule has 88 valence electrons. The van der Waals surface area contributed by atoms with E-state index in [2.05, 4.69) is 5.10 Å². The third-order valence-electron chi connectivity index (χ3n) is 2.88. The van der Waals surface area contributed by atoms with Crippen LogP contribution in [0.3, 0.4) is 0 Å². The first-order valence-corrected chi connectivity index (χ1v) is 5.52. The Morgan fingerprint density at radius 3 is 2.50 bits per heavy atom. The van der Waals surface area contributed by atoms with Crippen LogP contribution in [-0.4, -0.2) is 20.9 Å². The minimum absolute atomic E-state index is 0.307. The van der Waals surface area contributed by atoms with Crippen LogP contribution in [0.25, 0.3) is 16.5 Å². The van der Waals surface area contributed by atoms with Crippen molar-refractivity contribution in [3.63, 3.8) is 0 Å². The summed E-state index contributed by atoms with van der Waals surface area (Å²) in [4.78, 5) is 11.2. The van der Waals surface area contributed by atoms with Gasteiger partial charge in [0.25, 0.3) is 0 Å². The number of hydrogen-bond acceptors (Lipinski definition) is 2. The molecule has 0 aliphatic rings. The van der Waals surface area contributed by atoms with E-state index >= 15 is 0 Å². The maximum absolute atomic E-state index is 11.2. The largest absolute Gasteiger partial charge is 0.478 e. The van der Waals surface area contributed by atoms with Crippen molar-refractivity contribution >= 4 is 16.7 Å². The summed E-state index contributed by atoms with van der Waals surface area (Å²) in [6.07, 6.45) is 3.53. The quantitative estimate of drug-likeness (QED) is 0.746. The smallest absolute Gasteiger partial charge is 0.336 e. The molecular formula is C14H10N2O2. The van der Waals surface area contributed by atoms with E-state index in [1.165, 1.54) is 0 Å². The van der Waals surface area contributed by atoms with E-state index in [9.17, 15) is 9.90 Å². The minimum Gasteiger partial charge on any atom is -0.478 e. The van der Waals surface area contributed by atoms with Gasteiger partial charge in [-0.3, -0.25) is 0 Å². The monoisotopic (exact) mass is 238 g/mol. The second kappa shape index (κ2) is 4.00. The van der Waals surface area contributed by atoms with Crippen molar-refractivity contribution < 1.29 is 9.90 Å². The van der Waals surface area contributed by atoms with Crippen molar-refractivity contribution in [3.05, 3.63) is 60.4 Å². The molecule has 3 aromatic rings. The van der Waals surface area contributed by atoms with Gasteiger partial charge >= 0.3 is 5.97 Å². The van der Waals surface area contributed by atoms with E-state index < -0.39 is 5.97 Å². The van der Waals surface area contributed by atoms with E-state index in [1.54, 1.807) is 23.0 Å². The standard InChI is InChI=1S/C14H10N2O2/c17-14(18)12-6-7-13(16-9-3-8-15-16)11-5-2-1-4-10(11)12/h1-9H,(H,17,18). The predicted molar refractivity (Wildman–Crippen MR) is 68.0 cm³/mol. The molecule has 0 saturated heterocycles. The molecule has 0 atom stereocenters. The molecule has 0 saturated carbocycles. The molecule has 1 N–H and O–H groups in total. The van der Waals surface area contributed by atoms with Crippen LogP contribution < -0.4 is 0 Å². The highest BCUT2D eigenvalue weighted by Gasteiger charge is 2.11. The van der Waals surface area contributed by atoms with Crippen molar-refractivity contribution in [2.75, 3.05) is 0 Å². The van der Waals surface area contributed by atoms with Gasteiger partial charge in [-0.2, -0.15) is 5.10 Å². The Hall–Kier alpha value is -2.62. The molecule has 0 aliphatic carbocycles. The molecule has 1 aromatic heterocycles. The number of carboxylic acid groups (broad SMARTS) is 1. The summed E-state index contributed by atoms with van der Waals surface area (Å²) in [6.45, 7) is 0. The Morgan fingerprint density at radius 2 is 1.83 bits per heavy atom. The van der Waals surface area contributed by atoms with Crippen LogP contribution in [0.4, 0.5) is 0 Å². The van der Waals surface area contributed by atoms with E-state index in [4.69, 9.17) is 0 Å². The Morgan fingerprint density at radius 1 is 1.06 bits per heavy atom. The molecule has 4 nitrogen and oxygen atoms in total. The van der Waals surface area contributed by atoms with Crippen molar-refractivity contribution in [1.82, 2.24) is 9.78 Å². The summed E-state index contributed by atoms with van der Waals surface area (Å²) < 4.78 is 1.73. The number of carbonyl (C=O) groups is 1. The minimum atomic E-state index is -0.918. The number of benzene rings is 2. The lowest BCUT2D eigenvalue weighted by atomic mass is 10.0. The Kier molecular flexibility index (Phi) is 2.34. The molecule has 0 amide bonds. The van der Waals surface area contributed by atoms with Crippen LogP contribution >= 0.6 is 0 Å². The molecule has 4 heteroatoms. The molecule has 0 fully saturated rings. The normalized spacial score (nSPS) is 10.7. The predicted octanol–water partition coefficient (Wildman–Crippen LogP) is 2.72. The highest BCUT2D eigenvalue weighted by molar-refractivity contribution is 6.06. The SMILES string of the molecule is O=C(O)c1ccc(-n2cccn2)c2ccccc12. The molecule has 1 heterocycles. The lowest BCUT2D eigenvalue weighted by Gasteiger charge is -2.08. The lowest BCUT2D eigenvalue weighted by molar-refractivity contribution is 0.0699. The van der Waals surface area contributed by atoms with Gasteiger partial charge in [0, 0.05) is 17.8 Å². The molecule has 2 aromatic carbocycles. The van der Waals surface area contributed by atoms with Crippen LogP contribution in [0.1, 0.15) is 10.4 Å². The first-order valence-electron chi connectivity index (χ1n) is 5.52. The molecule has 0 spiro atoms. The molecule has 18 heavy (non-hydrogen) atoms. The summed E-state index contributed by atoms with van der Waals surface area (Å²) in [5, 5.41) is 15.0. The summed E-state index contributed by atoms with van der Waals surface area (Å²) in [7, 11) is 0. The van der Waals surface area contributed by atoms with Crippen LogP contribution in [0, 0.1) is 0 Å². The molecular weight excluding hydrogens is 228 g/mol. The zero-order valence-corrected chi connectivity index (χ0v) is 9.45. The summed E-state index contributed by atoms with van der Waals surface area (Å²) in [6, 6.07) is 12.7. The number of carboxylic acids is 1. The fourth-order valence-corrected chi connectivity index (χ4v) is 2.08. The summed E-state index contributed by atoms with van der Waals surface area (Å²) >= 11 is 0. The highest BCUT2D eigenvalue weighted by atomic mass is 16.4. The van der Waals surface area contributed by atoms with Crippen molar-refractivity contribution in [2.45, 2.75) is 0 Å². The maximum atomic E-state index is 11.2. The topological polar surface area (TPSA) is 55.1 Å². The van der Waals surface area contributed by atoms with E-state index in [0.29, 0.717) is 5.56 Å². The van der Waals surface area contributed by atoms with Gasteiger partial charge in [0.15, 0.2) is 0 Å². The van der Waals surface area contributed by atoms with Gasteiger partial charge in [-0.15, -0.1) is 0 Å². The molecule has 0 radical (unpaired) electrons. The van der Waals surface area contributed by atoms with E-state index in [1.807, 2.05) is 36.5 Å². The molecule has 0 bridgehead atoms. The number of aromatic carboxylic acids is 1. The van der Waals surface area contributed by atoms with Crippen LogP contribution in [0.2, 0.25) is 0 Å². The number of nitrogens with zero attached hydrogens (tertiary/aromatic N) is 2. The van der Waals surface area contributed by atoms with Crippen molar-refractivity contribution in [3.8, 4) is 5.69 Å². The molecule has 3 rings (SSSR count). The fraction of sp³-hybridized carbons (Fsp3) is 0. The number of aromatic nitrogens is 2. The first kappa shape index (κ1) is 10.5. The van der Waals surface area contributed by atoms with Crippen LogP contribution in [-0.2, 0) is 0 Å². The van der Waals surface area contributed by atoms with Crippen molar-refractivity contribution in [2.24, 2.45) is 0 Å². The Labute approximate surface area is 103 Å². The average molecular weight is 238 g/mol. The second-order valence-corrected chi connectivity index (χ2v) is 3.93. The molecule has 0 unspecified atom stereocenters. The zero-order valence-electron chi connectivity index (χ0n) is 9.45. The number of fused-ring (bicyclic) bond motifs is 1.